The fraction of sp³-hybridized carbons (Fsp3) is 0.286. The molecule has 0 amide bonds. The Hall–Kier alpha value is -3.15. The van der Waals surface area contributed by atoms with Crippen molar-refractivity contribution in [3.63, 3.8) is 0 Å². The highest BCUT2D eigenvalue weighted by molar-refractivity contribution is 6.09. The van der Waals surface area contributed by atoms with Gasteiger partial charge in [-0.25, -0.2) is 8.78 Å². The van der Waals surface area contributed by atoms with E-state index >= 15 is 8.78 Å². The summed E-state index contributed by atoms with van der Waals surface area (Å²) in [6.45, 7) is 2.15. The summed E-state index contributed by atoms with van der Waals surface area (Å²) in [5.41, 5.74) is 1.84. The van der Waals surface area contributed by atoms with Crippen molar-refractivity contribution in [1.82, 2.24) is 0 Å². The molecule has 0 spiro atoms. The lowest BCUT2D eigenvalue weighted by atomic mass is 9.94. The van der Waals surface area contributed by atoms with Crippen LogP contribution in [-0.4, -0.2) is 6.36 Å². The molecule has 1 nitrogen and oxygen atoms in total. The third-order valence-corrected chi connectivity index (χ3v) is 6.07. The van der Waals surface area contributed by atoms with Crippen LogP contribution in [0.1, 0.15) is 44.6 Å². The zero-order chi connectivity index (χ0) is 24.3. The van der Waals surface area contributed by atoms with Crippen molar-refractivity contribution in [3.05, 3.63) is 77.9 Å². The highest BCUT2D eigenvalue weighted by Gasteiger charge is 2.31. The lowest BCUT2D eigenvalue weighted by Gasteiger charge is -2.12. The molecule has 0 radical (unpaired) electrons. The SMILES string of the molecule is CCCCCCCc1ccc2c(cc(F)c3cc(-c4ccc(OC(F)(F)F)cc4)ccc32)c1F. The van der Waals surface area contributed by atoms with E-state index in [0.717, 1.165) is 25.7 Å². The maximum atomic E-state index is 15.2. The maximum absolute atomic E-state index is 15.2. The third kappa shape index (κ3) is 5.32. The monoisotopic (exact) mass is 472 g/mol. The van der Waals surface area contributed by atoms with E-state index in [0.29, 0.717) is 39.3 Å². The summed E-state index contributed by atoms with van der Waals surface area (Å²) >= 11 is 0. The second-order valence-electron chi connectivity index (χ2n) is 8.49. The van der Waals surface area contributed by atoms with Gasteiger partial charge in [0.25, 0.3) is 0 Å². The van der Waals surface area contributed by atoms with Crippen LogP contribution in [-0.2, 0) is 6.42 Å². The quantitative estimate of drug-likeness (QED) is 0.141. The largest absolute Gasteiger partial charge is 0.573 e. The van der Waals surface area contributed by atoms with Crippen molar-refractivity contribution in [2.45, 2.75) is 51.8 Å². The van der Waals surface area contributed by atoms with Gasteiger partial charge >= 0.3 is 6.36 Å². The first-order chi connectivity index (χ1) is 16.3. The number of hydrogen-bond acceptors (Lipinski definition) is 1. The number of fused-ring (bicyclic) bond motifs is 3. The predicted octanol–water partition coefficient (Wildman–Crippen LogP) is 9.35. The molecule has 0 N–H and O–H groups in total. The van der Waals surface area contributed by atoms with Gasteiger partial charge in [0.15, 0.2) is 0 Å². The minimum atomic E-state index is -4.77. The fourth-order valence-electron chi connectivity index (χ4n) is 4.34. The average molecular weight is 472 g/mol. The van der Waals surface area contributed by atoms with Crippen LogP contribution in [0.2, 0.25) is 0 Å². The molecule has 34 heavy (non-hydrogen) atoms. The van der Waals surface area contributed by atoms with Crippen molar-refractivity contribution in [2.24, 2.45) is 0 Å². The Morgan fingerprint density at radius 2 is 1.32 bits per heavy atom. The molecule has 4 rings (SSSR count). The number of alkyl halides is 3. The van der Waals surface area contributed by atoms with Crippen molar-refractivity contribution in [2.75, 3.05) is 0 Å². The maximum Gasteiger partial charge on any atom is 0.573 e. The first kappa shape index (κ1) is 24.0. The molecule has 0 aliphatic rings. The molecular formula is C28H25F5O. The van der Waals surface area contributed by atoms with E-state index in [-0.39, 0.29) is 17.0 Å². The highest BCUT2D eigenvalue weighted by Crippen LogP contribution is 2.35. The minimum Gasteiger partial charge on any atom is -0.406 e. The van der Waals surface area contributed by atoms with E-state index in [1.807, 2.05) is 6.07 Å². The van der Waals surface area contributed by atoms with Crippen molar-refractivity contribution < 1.29 is 26.7 Å². The molecule has 0 heterocycles. The molecule has 0 aromatic heterocycles. The van der Waals surface area contributed by atoms with Gasteiger partial charge in [0.1, 0.15) is 17.4 Å². The number of hydrogen-bond donors (Lipinski definition) is 0. The Morgan fingerprint density at radius 1 is 0.676 bits per heavy atom. The summed E-state index contributed by atoms with van der Waals surface area (Å²) < 4.78 is 71.3. The van der Waals surface area contributed by atoms with Crippen LogP contribution >= 0.6 is 0 Å². The summed E-state index contributed by atoms with van der Waals surface area (Å²) in [6.07, 6.45) is 1.25. The van der Waals surface area contributed by atoms with Gasteiger partial charge in [-0.05, 0) is 64.6 Å². The van der Waals surface area contributed by atoms with Crippen LogP contribution in [0.25, 0.3) is 32.7 Å². The fourth-order valence-corrected chi connectivity index (χ4v) is 4.34. The molecule has 178 valence electrons. The van der Waals surface area contributed by atoms with E-state index < -0.39 is 12.2 Å². The van der Waals surface area contributed by atoms with Crippen LogP contribution in [0.15, 0.2) is 60.7 Å². The summed E-state index contributed by atoms with van der Waals surface area (Å²) in [6, 6.07) is 15.3. The number of unbranched alkanes of at least 4 members (excludes halogenated alkanes) is 4. The molecule has 0 unspecified atom stereocenters. The molecule has 0 aliphatic heterocycles. The summed E-state index contributed by atoms with van der Waals surface area (Å²) in [5, 5.41) is 1.80. The molecular weight excluding hydrogens is 447 g/mol. The molecule has 0 aliphatic carbocycles. The molecule has 0 saturated heterocycles. The van der Waals surface area contributed by atoms with Crippen molar-refractivity contribution in [3.8, 4) is 16.9 Å². The molecule has 0 fully saturated rings. The first-order valence-electron chi connectivity index (χ1n) is 11.5. The smallest absolute Gasteiger partial charge is 0.406 e. The molecule has 6 heteroatoms. The van der Waals surface area contributed by atoms with Crippen LogP contribution in [0.3, 0.4) is 0 Å². The predicted molar refractivity (Wildman–Crippen MR) is 126 cm³/mol. The molecule has 4 aromatic carbocycles. The minimum absolute atomic E-state index is 0.262. The Morgan fingerprint density at radius 3 is 2.03 bits per heavy atom. The van der Waals surface area contributed by atoms with Crippen LogP contribution in [0.4, 0.5) is 22.0 Å². The zero-order valence-electron chi connectivity index (χ0n) is 18.8. The van der Waals surface area contributed by atoms with Gasteiger partial charge in [-0.3, -0.25) is 0 Å². The number of rotatable bonds is 8. The summed E-state index contributed by atoms with van der Waals surface area (Å²) in [4.78, 5) is 0. The third-order valence-electron chi connectivity index (χ3n) is 6.07. The Bertz CT molecular complexity index is 1290. The van der Waals surface area contributed by atoms with E-state index in [1.165, 1.54) is 36.8 Å². The number of benzene rings is 4. The average Bonchev–Trinajstić information content (AvgIpc) is 2.80. The van der Waals surface area contributed by atoms with Crippen molar-refractivity contribution in [1.29, 1.82) is 0 Å². The topological polar surface area (TPSA) is 9.23 Å². The normalized spacial score (nSPS) is 11.9. The second kappa shape index (κ2) is 10.00. The lowest BCUT2D eigenvalue weighted by molar-refractivity contribution is -0.274. The zero-order valence-corrected chi connectivity index (χ0v) is 18.8. The second-order valence-corrected chi connectivity index (χ2v) is 8.49. The summed E-state index contributed by atoms with van der Waals surface area (Å²) in [7, 11) is 0. The van der Waals surface area contributed by atoms with Crippen LogP contribution in [0, 0.1) is 11.6 Å². The van der Waals surface area contributed by atoms with E-state index in [4.69, 9.17) is 0 Å². The van der Waals surface area contributed by atoms with Gasteiger partial charge in [-0.15, -0.1) is 13.2 Å². The molecule has 0 atom stereocenters. The van der Waals surface area contributed by atoms with E-state index in [1.54, 1.807) is 24.3 Å². The highest BCUT2D eigenvalue weighted by atomic mass is 19.4. The van der Waals surface area contributed by atoms with Gasteiger partial charge in [-0.2, -0.15) is 0 Å². The van der Waals surface area contributed by atoms with E-state index in [9.17, 15) is 13.2 Å². The van der Waals surface area contributed by atoms with Crippen LogP contribution < -0.4 is 4.74 Å². The Labute approximate surface area is 195 Å². The van der Waals surface area contributed by atoms with Crippen molar-refractivity contribution >= 4 is 21.5 Å². The molecule has 0 saturated carbocycles. The lowest BCUT2D eigenvalue weighted by Crippen LogP contribution is -2.16. The summed E-state index contributed by atoms with van der Waals surface area (Å²) in [5.74, 6) is -1.25. The molecule has 0 bridgehead atoms. The standard InChI is InChI=1S/C28H25F5O/c1-2-3-4-5-6-7-19-10-14-23-22-15-11-20(16-24(22)26(29)17-25(23)27(19)30)18-8-12-21(13-9-18)34-28(31,32)33/h8-17H,2-7H2,1H3. The Balaban J connectivity index is 1.64. The number of ether oxygens (including phenoxy) is 1. The van der Waals surface area contributed by atoms with E-state index in [2.05, 4.69) is 11.7 Å². The van der Waals surface area contributed by atoms with Gasteiger partial charge in [0.05, 0.1) is 0 Å². The first-order valence-corrected chi connectivity index (χ1v) is 11.5. The van der Waals surface area contributed by atoms with Gasteiger partial charge < -0.3 is 4.74 Å². The van der Waals surface area contributed by atoms with Gasteiger partial charge in [0, 0.05) is 10.8 Å². The number of halogens is 5. The van der Waals surface area contributed by atoms with Gasteiger partial charge in [0.2, 0.25) is 0 Å². The number of aryl methyl sites for hydroxylation is 1. The Kier molecular flexibility index (Phi) is 7.05. The molecule has 4 aromatic rings. The van der Waals surface area contributed by atoms with Gasteiger partial charge in [-0.1, -0.05) is 69.0 Å². The van der Waals surface area contributed by atoms with Crippen LogP contribution in [0.5, 0.6) is 5.75 Å².